The summed E-state index contributed by atoms with van der Waals surface area (Å²) < 4.78 is 3.74. The first kappa shape index (κ1) is 10.8. The highest BCUT2D eigenvalue weighted by Gasteiger charge is 2.07. The topological polar surface area (TPSA) is 74.5 Å². The number of nitrogens with zero attached hydrogens (tertiary/aromatic N) is 5. The Balaban J connectivity index is 2.12. The predicted molar refractivity (Wildman–Crippen MR) is 59.7 cm³/mol. The molecule has 0 spiro atoms. The molecule has 0 aromatic carbocycles. The molecule has 2 heterocycles. The fourth-order valence-corrected chi connectivity index (χ4v) is 1.60. The third-order valence-electron chi connectivity index (χ3n) is 2.29. The number of aryl methyl sites for hydroxylation is 1. The van der Waals surface area contributed by atoms with Gasteiger partial charge in [0.05, 0.1) is 6.54 Å². The Kier molecular flexibility index (Phi) is 3.00. The molecule has 2 rings (SSSR count). The van der Waals surface area contributed by atoms with E-state index in [4.69, 9.17) is 5.73 Å². The van der Waals surface area contributed by atoms with Crippen LogP contribution in [0.3, 0.4) is 0 Å². The molecule has 1 unspecified atom stereocenters. The third kappa shape index (κ3) is 2.46. The Hall–Kier alpha value is -1.69. The SMILES string of the molecule is CC(N)Cc1nccn1Cc1cn(C)nn1. The molecule has 2 aromatic rings. The van der Waals surface area contributed by atoms with Crippen LogP contribution in [0.2, 0.25) is 0 Å². The molecule has 1 atom stereocenters. The summed E-state index contributed by atoms with van der Waals surface area (Å²) in [7, 11) is 1.85. The summed E-state index contributed by atoms with van der Waals surface area (Å²) in [6.45, 7) is 2.66. The Morgan fingerprint density at radius 3 is 2.94 bits per heavy atom. The van der Waals surface area contributed by atoms with E-state index in [-0.39, 0.29) is 6.04 Å². The van der Waals surface area contributed by atoms with E-state index in [1.807, 2.05) is 30.9 Å². The van der Waals surface area contributed by atoms with Crippen molar-refractivity contribution in [2.45, 2.75) is 25.9 Å². The fourth-order valence-electron chi connectivity index (χ4n) is 1.60. The van der Waals surface area contributed by atoms with Gasteiger partial charge < -0.3 is 10.3 Å². The molecule has 0 saturated heterocycles. The average molecular weight is 220 g/mol. The normalized spacial score (nSPS) is 12.9. The highest BCUT2D eigenvalue weighted by Crippen LogP contribution is 2.04. The first-order valence-electron chi connectivity index (χ1n) is 5.26. The van der Waals surface area contributed by atoms with Crippen molar-refractivity contribution in [2.24, 2.45) is 12.8 Å². The molecule has 6 nitrogen and oxygen atoms in total. The van der Waals surface area contributed by atoms with Crippen molar-refractivity contribution in [3.05, 3.63) is 30.1 Å². The van der Waals surface area contributed by atoms with Crippen LogP contribution in [-0.2, 0) is 20.0 Å². The van der Waals surface area contributed by atoms with E-state index in [1.165, 1.54) is 0 Å². The number of hydrogen-bond acceptors (Lipinski definition) is 4. The van der Waals surface area contributed by atoms with E-state index in [9.17, 15) is 0 Å². The van der Waals surface area contributed by atoms with Gasteiger partial charge in [-0.15, -0.1) is 5.10 Å². The minimum Gasteiger partial charge on any atom is -0.329 e. The number of imidazole rings is 1. The van der Waals surface area contributed by atoms with Gasteiger partial charge in [-0.25, -0.2) is 4.98 Å². The number of aromatic nitrogens is 5. The van der Waals surface area contributed by atoms with E-state index in [1.54, 1.807) is 10.9 Å². The van der Waals surface area contributed by atoms with Gasteiger partial charge in [-0.3, -0.25) is 4.68 Å². The maximum Gasteiger partial charge on any atom is 0.110 e. The van der Waals surface area contributed by atoms with Crippen molar-refractivity contribution >= 4 is 0 Å². The molecule has 16 heavy (non-hydrogen) atoms. The fraction of sp³-hybridized carbons (Fsp3) is 0.500. The lowest BCUT2D eigenvalue weighted by Gasteiger charge is -2.07. The smallest absolute Gasteiger partial charge is 0.110 e. The van der Waals surface area contributed by atoms with Crippen molar-refractivity contribution in [2.75, 3.05) is 0 Å². The molecule has 0 aliphatic carbocycles. The van der Waals surface area contributed by atoms with Crippen LogP contribution in [0.1, 0.15) is 18.4 Å². The maximum atomic E-state index is 5.76. The Bertz CT molecular complexity index is 455. The second-order valence-corrected chi connectivity index (χ2v) is 4.04. The van der Waals surface area contributed by atoms with Gasteiger partial charge in [0.25, 0.3) is 0 Å². The van der Waals surface area contributed by atoms with Crippen molar-refractivity contribution in [3.8, 4) is 0 Å². The minimum atomic E-state index is 0.114. The van der Waals surface area contributed by atoms with Crippen molar-refractivity contribution in [1.29, 1.82) is 0 Å². The lowest BCUT2D eigenvalue weighted by atomic mass is 10.2. The standard InChI is InChI=1S/C10H16N6/c1-8(11)5-10-12-3-4-16(10)7-9-6-15(2)14-13-9/h3-4,6,8H,5,7,11H2,1-2H3. The number of rotatable bonds is 4. The highest BCUT2D eigenvalue weighted by atomic mass is 15.4. The summed E-state index contributed by atoms with van der Waals surface area (Å²) in [5.41, 5.74) is 6.69. The first-order valence-corrected chi connectivity index (χ1v) is 5.26. The highest BCUT2D eigenvalue weighted by molar-refractivity contribution is 5.01. The van der Waals surface area contributed by atoms with Crippen LogP contribution < -0.4 is 5.73 Å². The molecule has 0 aliphatic heterocycles. The first-order chi connectivity index (χ1) is 7.65. The zero-order chi connectivity index (χ0) is 11.5. The molecular formula is C10H16N6. The lowest BCUT2D eigenvalue weighted by Crippen LogP contribution is -2.20. The van der Waals surface area contributed by atoms with Crippen molar-refractivity contribution in [1.82, 2.24) is 24.5 Å². The summed E-state index contributed by atoms with van der Waals surface area (Å²) in [5, 5.41) is 7.94. The summed E-state index contributed by atoms with van der Waals surface area (Å²) in [6.07, 6.45) is 6.39. The number of hydrogen-bond donors (Lipinski definition) is 1. The van der Waals surface area contributed by atoms with Crippen LogP contribution in [0.15, 0.2) is 18.6 Å². The minimum absolute atomic E-state index is 0.114. The van der Waals surface area contributed by atoms with Crippen LogP contribution in [0, 0.1) is 0 Å². The Morgan fingerprint density at radius 2 is 2.31 bits per heavy atom. The maximum absolute atomic E-state index is 5.76. The lowest BCUT2D eigenvalue weighted by molar-refractivity contribution is 0.641. The van der Waals surface area contributed by atoms with Crippen LogP contribution in [-0.4, -0.2) is 30.6 Å². The Labute approximate surface area is 94.1 Å². The van der Waals surface area contributed by atoms with Gasteiger partial charge in [0.2, 0.25) is 0 Å². The summed E-state index contributed by atoms with van der Waals surface area (Å²) in [4.78, 5) is 4.29. The summed E-state index contributed by atoms with van der Waals surface area (Å²) in [6, 6.07) is 0.114. The summed E-state index contributed by atoms with van der Waals surface area (Å²) >= 11 is 0. The molecular weight excluding hydrogens is 204 g/mol. The predicted octanol–water partition coefficient (Wildman–Crippen LogP) is -0.0504. The van der Waals surface area contributed by atoms with Crippen LogP contribution in [0.4, 0.5) is 0 Å². The van der Waals surface area contributed by atoms with Crippen molar-refractivity contribution < 1.29 is 0 Å². The quantitative estimate of drug-likeness (QED) is 0.784. The largest absolute Gasteiger partial charge is 0.329 e. The van der Waals surface area contributed by atoms with Gasteiger partial charge in [0.15, 0.2) is 0 Å². The molecule has 6 heteroatoms. The average Bonchev–Trinajstić information content (AvgIpc) is 2.77. The molecule has 2 aromatic heterocycles. The van der Waals surface area contributed by atoms with Gasteiger partial charge in [0, 0.05) is 38.1 Å². The molecule has 0 radical (unpaired) electrons. The van der Waals surface area contributed by atoms with Crippen molar-refractivity contribution in [3.63, 3.8) is 0 Å². The van der Waals surface area contributed by atoms with Gasteiger partial charge in [-0.2, -0.15) is 0 Å². The Morgan fingerprint density at radius 1 is 1.50 bits per heavy atom. The molecule has 0 amide bonds. The summed E-state index contributed by atoms with van der Waals surface area (Å²) in [5.74, 6) is 0.987. The van der Waals surface area contributed by atoms with Gasteiger partial charge in [0.1, 0.15) is 11.5 Å². The van der Waals surface area contributed by atoms with Gasteiger partial charge in [-0.1, -0.05) is 5.21 Å². The van der Waals surface area contributed by atoms with Gasteiger partial charge >= 0.3 is 0 Å². The van der Waals surface area contributed by atoms with E-state index in [0.29, 0.717) is 6.54 Å². The number of nitrogens with two attached hydrogens (primary N) is 1. The van der Waals surface area contributed by atoms with Crippen LogP contribution in [0.25, 0.3) is 0 Å². The van der Waals surface area contributed by atoms with Gasteiger partial charge in [-0.05, 0) is 6.92 Å². The molecule has 0 fully saturated rings. The third-order valence-corrected chi connectivity index (χ3v) is 2.29. The van der Waals surface area contributed by atoms with E-state index >= 15 is 0 Å². The van der Waals surface area contributed by atoms with Crippen LogP contribution in [0.5, 0.6) is 0 Å². The molecule has 0 aliphatic rings. The molecule has 86 valence electrons. The van der Waals surface area contributed by atoms with E-state index < -0.39 is 0 Å². The molecule has 2 N–H and O–H groups in total. The molecule has 0 bridgehead atoms. The zero-order valence-electron chi connectivity index (χ0n) is 9.54. The van der Waals surface area contributed by atoms with E-state index in [2.05, 4.69) is 15.3 Å². The zero-order valence-corrected chi connectivity index (χ0v) is 9.54. The van der Waals surface area contributed by atoms with Crippen LogP contribution >= 0.6 is 0 Å². The second kappa shape index (κ2) is 4.44. The monoisotopic (exact) mass is 220 g/mol. The van der Waals surface area contributed by atoms with E-state index in [0.717, 1.165) is 17.9 Å². The second-order valence-electron chi connectivity index (χ2n) is 4.04. The molecule has 0 saturated carbocycles.